The third-order valence-corrected chi connectivity index (χ3v) is 3.00. The molecule has 0 saturated heterocycles. The molecule has 0 N–H and O–H groups in total. The normalized spacial score (nSPS) is 12.1. The predicted molar refractivity (Wildman–Crippen MR) is 59.0 cm³/mol. The van der Waals surface area contributed by atoms with Crippen LogP contribution in [0.25, 0.3) is 0 Å². The molecule has 0 fully saturated rings. The second-order valence-corrected chi connectivity index (χ2v) is 6.22. The average molecular weight is 230 g/mol. The van der Waals surface area contributed by atoms with Gasteiger partial charge in [0, 0.05) is 11.8 Å². The van der Waals surface area contributed by atoms with E-state index in [2.05, 4.69) is 0 Å². The van der Waals surface area contributed by atoms with Crippen molar-refractivity contribution in [3.05, 3.63) is 35.1 Å². The van der Waals surface area contributed by atoms with Crippen molar-refractivity contribution in [1.29, 1.82) is 0 Å². The molecule has 15 heavy (non-hydrogen) atoms. The Morgan fingerprint density at radius 2 is 1.93 bits per heavy atom. The Balaban J connectivity index is 3.04. The molecule has 0 bridgehead atoms. The smallest absolute Gasteiger partial charge is 0.151 e. The molecule has 0 heterocycles. The lowest BCUT2D eigenvalue weighted by atomic mass is 10.0. The predicted octanol–water partition coefficient (Wildman–Crippen LogP) is 2.49. The van der Waals surface area contributed by atoms with Gasteiger partial charge in [0.2, 0.25) is 0 Å². The zero-order chi connectivity index (χ0) is 11.6. The van der Waals surface area contributed by atoms with Gasteiger partial charge < -0.3 is 0 Å². The number of benzene rings is 1. The highest BCUT2D eigenvalue weighted by Crippen LogP contribution is 2.19. The number of hydrogen-bond donors (Lipinski definition) is 0. The zero-order valence-electron chi connectivity index (χ0n) is 9.12. The molecule has 0 atom stereocenters. The van der Waals surface area contributed by atoms with Crippen LogP contribution in [0.1, 0.15) is 30.9 Å². The van der Waals surface area contributed by atoms with Crippen LogP contribution in [-0.4, -0.2) is 14.7 Å². The second-order valence-electron chi connectivity index (χ2n) is 4.08. The van der Waals surface area contributed by atoms with E-state index in [1.165, 1.54) is 6.07 Å². The number of hydrogen-bond acceptors (Lipinski definition) is 2. The molecule has 1 rings (SSSR count). The van der Waals surface area contributed by atoms with E-state index < -0.39 is 15.7 Å². The Morgan fingerprint density at radius 1 is 1.33 bits per heavy atom. The summed E-state index contributed by atoms with van der Waals surface area (Å²) < 4.78 is 35.5. The molecule has 0 amide bonds. The van der Waals surface area contributed by atoms with Crippen LogP contribution in [0, 0.1) is 5.82 Å². The third kappa shape index (κ3) is 3.63. The Hall–Kier alpha value is -0.900. The topological polar surface area (TPSA) is 34.1 Å². The molecular weight excluding hydrogens is 215 g/mol. The van der Waals surface area contributed by atoms with E-state index in [9.17, 15) is 12.8 Å². The van der Waals surface area contributed by atoms with Crippen LogP contribution >= 0.6 is 0 Å². The fourth-order valence-corrected chi connectivity index (χ4v) is 2.12. The molecule has 84 valence electrons. The van der Waals surface area contributed by atoms with Crippen molar-refractivity contribution in [2.45, 2.75) is 25.5 Å². The molecule has 1 aromatic carbocycles. The molecule has 2 nitrogen and oxygen atoms in total. The van der Waals surface area contributed by atoms with Crippen LogP contribution in [-0.2, 0) is 15.6 Å². The monoisotopic (exact) mass is 230 g/mol. The highest BCUT2D eigenvalue weighted by molar-refractivity contribution is 7.89. The van der Waals surface area contributed by atoms with Crippen LogP contribution in [0.5, 0.6) is 0 Å². The van der Waals surface area contributed by atoms with Crippen LogP contribution in [0.3, 0.4) is 0 Å². The van der Waals surface area contributed by atoms with E-state index in [1.54, 1.807) is 12.1 Å². The standard InChI is InChI=1S/C11H15FO2S/c1-8(2)9-4-5-10(11(12)6-9)7-15(3,13)14/h4-6,8H,7H2,1-3H3. The van der Waals surface area contributed by atoms with Crippen LogP contribution in [0.2, 0.25) is 0 Å². The minimum absolute atomic E-state index is 0.238. The number of halogens is 1. The second kappa shape index (κ2) is 4.31. The van der Waals surface area contributed by atoms with Gasteiger partial charge in [0.25, 0.3) is 0 Å². The van der Waals surface area contributed by atoms with Gasteiger partial charge in [-0.25, -0.2) is 12.8 Å². The van der Waals surface area contributed by atoms with Crippen molar-refractivity contribution in [3.8, 4) is 0 Å². The molecule has 0 spiro atoms. The molecule has 1 aromatic rings. The van der Waals surface area contributed by atoms with E-state index in [1.807, 2.05) is 13.8 Å². The Kier molecular flexibility index (Phi) is 3.50. The van der Waals surface area contributed by atoms with Gasteiger partial charge in [-0.2, -0.15) is 0 Å². The first-order chi connectivity index (χ1) is 6.79. The molecule has 0 aliphatic carbocycles. The Morgan fingerprint density at radius 3 is 2.33 bits per heavy atom. The first-order valence-electron chi connectivity index (χ1n) is 4.75. The zero-order valence-corrected chi connectivity index (χ0v) is 9.94. The Labute approximate surface area is 90.0 Å². The molecule has 0 aliphatic rings. The molecular formula is C11H15FO2S. The summed E-state index contributed by atoms with van der Waals surface area (Å²) in [5.41, 5.74) is 1.12. The molecule has 0 aromatic heterocycles. The van der Waals surface area contributed by atoms with Gasteiger partial charge in [-0.3, -0.25) is 0 Å². The maximum Gasteiger partial charge on any atom is 0.151 e. The van der Waals surface area contributed by atoms with E-state index in [4.69, 9.17) is 0 Å². The summed E-state index contributed by atoms with van der Waals surface area (Å²) in [6.07, 6.45) is 1.10. The fourth-order valence-electron chi connectivity index (χ4n) is 1.32. The van der Waals surface area contributed by atoms with Gasteiger partial charge >= 0.3 is 0 Å². The lowest BCUT2D eigenvalue weighted by Crippen LogP contribution is -2.03. The van der Waals surface area contributed by atoms with E-state index in [-0.39, 0.29) is 17.2 Å². The first kappa shape index (κ1) is 12.2. The first-order valence-corrected chi connectivity index (χ1v) is 6.81. The summed E-state index contributed by atoms with van der Waals surface area (Å²) in [7, 11) is -3.17. The van der Waals surface area contributed by atoms with Crippen LogP contribution in [0.15, 0.2) is 18.2 Å². The highest BCUT2D eigenvalue weighted by Gasteiger charge is 2.10. The third-order valence-electron chi connectivity index (χ3n) is 2.16. The van der Waals surface area contributed by atoms with Gasteiger partial charge in [-0.05, 0) is 17.5 Å². The largest absolute Gasteiger partial charge is 0.229 e. The summed E-state index contributed by atoms with van der Waals surface area (Å²) in [5.74, 6) is -0.435. The van der Waals surface area contributed by atoms with Crippen molar-refractivity contribution in [3.63, 3.8) is 0 Å². The summed E-state index contributed by atoms with van der Waals surface area (Å²) in [4.78, 5) is 0. The van der Waals surface area contributed by atoms with E-state index in [0.29, 0.717) is 0 Å². The van der Waals surface area contributed by atoms with E-state index in [0.717, 1.165) is 11.8 Å². The minimum Gasteiger partial charge on any atom is -0.229 e. The van der Waals surface area contributed by atoms with Gasteiger partial charge in [-0.15, -0.1) is 0 Å². The highest BCUT2D eigenvalue weighted by atomic mass is 32.2. The molecule has 0 unspecified atom stereocenters. The maximum absolute atomic E-state index is 13.5. The van der Waals surface area contributed by atoms with Gasteiger partial charge in [0.1, 0.15) is 5.82 Å². The lowest BCUT2D eigenvalue weighted by molar-refractivity contribution is 0.590. The Bertz CT molecular complexity index is 450. The van der Waals surface area contributed by atoms with Crippen molar-refractivity contribution < 1.29 is 12.8 Å². The van der Waals surface area contributed by atoms with Crippen molar-refractivity contribution in [2.75, 3.05) is 6.26 Å². The molecule has 4 heteroatoms. The number of rotatable bonds is 3. The quantitative estimate of drug-likeness (QED) is 0.799. The fraction of sp³-hybridized carbons (Fsp3) is 0.455. The van der Waals surface area contributed by atoms with Crippen molar-refractivity contribution in [2.24, 2.45) is 0 Å². The van der Waals surface area contributed by atoms with E-state index >= 15 is 0 Å². The molecule has 0 saturated carbocycles. The van der Waals surface area contributed by atoms with Crippen LogP contribution < -0.4 is 0 Å². The van der Waals surface area contributed by atoms with Gasteiger partial charge in [-0.1, -0.05) is 26.0 Å². The summed E-state index contributed by atoms with van der Waals surface area (Å²) in [5, 5.41) is 0. The molecule has 0 aliphatic heterocycles. The summed E-state index contributed by atoms with van der Waals surface area (Å²) in [6, 6.07) is 4.73. The average Bonchev–Trinajstić information content (AvgIpc) is 2.05. The van der Waals surface area contributed by atoms with Crippen molar-refractivity contribution >= 4 is 9.84 Å². The maximum atomic E-state index is 13.5. The SMILES string of the molecule is CC(C)c1ccc(CS(C)(=O)=O)c(F)c1. The van der Waals surface area contributed by atoms with Crippen LogP contribution in [0.4, 0.5) is 4.39 Å². The van der Waals surface area contributed by atoms with Gasteiger partial charge in [0.15, 0.2) is 9.84 Å². The summed E-state index contributed by atoms with van der Waals surface area (Å²) in [6.45, 7) is 3.93. The lowest BCUT2D eigenvalue weighted by Gasteiger charge is -2.07. The van der Waals surface area contributed by atoms with Gasteiger partial charge in [0.05, 0.1) is 5.75 Å². The molecule has 0 radical (unpaired) electrons. The number of sulfone groups is 1. The minimum atomic E-state index is -3.17. The van der Waals surface area contributed by atoms with Crippen molar-refractivity contribution in [1.82, 2.24) is 0 Å². The summed E-state index contributed by atoms with van der Waals surface area (Å²) >= 11 is 0.